The fraction of sp³-hybridized carbons (Fsp3) is 0.654. The topological polar surface area (TPSA) is 49.8 Å². The lowest BCUT2D eigenvalue weighted by Gasteiger charge is -2.42. The van der Waals surface area contributed by atoms with E-state index in [1.54, 1.807) is 0 Å². The van der Waals surface area contributed by atoms with Crippen LogP contribution in [0.1, 0.15) is 75.5 Å². The van der Waals surface area contributed by atoms with E-state index in [0.29, 0.717) is 11.7 Å². The van der Waals surface area contributed by atoms with E-state index in [4.69, 9.17) is 4.74 Å². The molecule has 3 atom stereocenters. The minimum absolute atomic E-state index is 0.0762. The minimum Gasteiger partial charge on any atom is -0.426 e. The number of rotatable bonds is 2. The van der Waals surface area contributed by atoms with Gasteiger partial charge in [0, 0.05) is 12.0 Å². The molecule has 30 heavy (non-hydrogen) atoms. The van der Waals surface area contributed by atoms with E-state index in [2.05, 4.69) is 44.9 Å². The van der Waals surface area contributed by atoms with Gasteiger partial charge in [0.2, 0.25) is 0 Å². The molecule has 4 rings (SSSR count). The molecule has 1 fully saturated rings. The molecule has 1 aromatic rings. The summed E-state index contributed by atoms with van der Waals surface area (Å²) >= 11 is 0. The highest BCUT2D eigenvalue weighted by atomic mass is 16.5. The molecule has 0 bridgehead atoms. The normalized spacial score (nSPS) is 31.2. The first-order valence-corrected chi connectivity index (χ1v) is 11.7. The number of benzene rings is 1. The molecule has 4 nitrogen and oxygen atoms in total. The molecule has 0 radical (unpaired) electrons. The Morgan fingerprint density at radius 3 is 2.63 bits per heavy atom. The molecule has 1 N–H and O–H groups in total. The predicted octanol–water partition coefficient (Wildman–Crippen LogP) is 4.90. The Morgan fingerprint density at radius 2 is 1.93 bits per heavy atom. The molecular formula is C26H37NO3. The quantitative estimate of drug-likeness (QED) is 0.427. The van der Waals surface area contributed by atoms with E-state index in [0.717, 1.165) is 57.2 Å². The van der Waals surface area contributed by atoms with Crippen LogP contribution in [0.15, 0.2) is 24.3 Å². The van der Waals surface area contributed by atoms with Gasteiger partial charge in [-0.2, -0.15) is 0 Å². The molecule has 1 unspecified atom stereocenters. The number of carbonyl (C=O) groups is 1. The summed E-state index contributed by atoms with van der Waals surface area (Å²) in [6, 6.07) is 4.15. The molecule has 1 saturated carbocycles. The zero-order valence-corrected chi connectivity index (χ0v) is 19.0. The zero-order valence-electron chi connectivity index (χ0n) is 19.0. The van der Waals surface area contributed by atoms with Crippen molar-refractivity contribution in [3.63, 3.8) is 0 Å². The number of ether oxygens (including phenoxy) is 1. The number of fused-ring (bicyclic) bond motifs is 2. The Bertz CT molecular complexity index is 839. The summed E-state index contributed by atoms with van der Waals surface area (Å²) in [7, 11) is 2.17. The number of aliphatic hydroxyl groups excluding tert-OH is 1. The summed E-state index contributed by atoms with van der Waals surface area (Å²) in [4.78, 5) is 15.5. The lowest BCUT2D eigenvalue weighted by molar-refractivity contribution is -0.146. The Balaban J connectivity index is 1.75. The number of hydrogen-bond donors (Lipinski definition) is 1. The summed E-state index contributed by atoms with van der Waals surface area (Å²) in [6.45, 7) is 8.34. The monoisotopic (exact) mass is 411 g/mol. The van der Waals surface area contributed by atoms with Crippen LogP contribution in [0.25, 0.3) is 0 Å². The molecule has 2 aliphatic carbocycles. The first kappa shape index (κ1) is 21.6. The average molecular weight is 412 g/mol. The van der Waals surface area contributed by atoms with Crippen LogP contribution >= 0.6 is 0 Å². The molecule has 1 spiro atoms. The van der Waals surface area contributed by atoms with Crippen molar-refractivity contribution in [3.05, 3.63) is 41.0 Å². The van der Waals surface area contributed by atoms with Crippen LogP contribution in [-0.2, 0) is 16.8 Å². The van der Waals surface area contributed by atoms with Crippen molar-refractivity contribution in [2.24, 2.45) is 11.3 Å². The van der Waals surface area contributed by atoms with Crippen molar-refractivity contribution >= 4 is 5.97 Å². The number of nitrogens with zero attached hydrogens (tertiary/aromatic N) is 1. The number of allylic oxidation sites excluding steroid dienone is 1. The number of hydrogen-bond acceptors (Lipinski definition) is 4. The highest BCUT2D eigenvalue weighted by molar-refractivity contribution is 5.79. The van der Waals surface area contributed by atoms with Crippen molar-refractivity contribution in [2.45, 2.75) is 83.8 Å². The van der Waals surface area contributed by atoms with Gasteiger partial charge in [0.25, 0.3) is 0 Å². The Morgan fingerprint density at radius 1 is 1.20 bits per heavy atom. The van der Waals surface area contributed by atoms with Crippen molar-refractivity contribution in [1.29, 1.82) is 0 Å². The minimum atomic E-state index is -0.373. The van der Waals surface area contributed by atoms with Crippen LogP contribution < -0.4 is 4.74 Å². The average Bonchev–Trinajstić information content (AvgIpc) is 2.85. The van der Waals surface area contributed by atoms with Gasteiger partial charge in [-0.3, -0.25) is 4.79 Å². The summed E-state index contributed by atoms with van der Waals surface area (Å²) in [5.41, 5.74) is 3.21. The molecule has 1 heterocycles. The summed E-state index contributed by atoms with van der Waals surface area (Å²) in [5.74, 6) is 0.956. The molecule has 1 aromatic carbocycles. The molecule has 0 amide bonds. The summed E-state index contributed by atoms with van der Waals surface area (Å²) in [5, 5.41) is 10.2. The highest BCUT2D eigenvalue weighted by Crippen LogP contribution is 2.49. The molecule has 4 heteroatoms. The van der Waals surface area contributed by atoms with Gasteiger partial charge in [0.05, 0.1) is 11.5 Å². The first-order chi connectivity index (χ1) is 14.2. The summed E-state index contributed by atoms with van der Waals surface area (Å²) in [6.07, 6.45) is 10.9. The third kappa shape index (κ3) is 3.73. The van der Waals surface area contributed by atoms with Gasteiger partial charge in [-0.15, -0.1) is 0 Å². The highest BCUT2D eigenvalue weighted by Gasteiger charge is 2.43. The van der Waals surface area contributed by atoms with Crippen molar-refractivity contribution in [1.82, 2.24) is 4.90 Å². The summed E-state index contributed by atoms with van der Waals surface area (Å²) < 4.78 is 6.09. The van der Waals surface area contributed by atoms with E-state index in [1.165, 1.54) is 17.5 Å². The van der Waals surface area contributed by atoms with Crippen LogP contribution in [0.2, 0.25) is 0 Å². The van der Waals surface area contributed by atoms with E-state index in [9.17, 15) is 9.90 Å². The smallest absolute Gasteiger partial charge is 0.317 e. The fourth-order valence-corrected chi connectivity index (χ4v) is 6.03. The van der Waals surface area contributed by atoms with Gasteiger partial charge in [-0.25, -0.2) is 0 Å². The maximum Gasteiger partial charge on any atom is 0.317 e. The SMILES string of the molecule is Cc1c(OC(=O)C2(C)CCCCC2)ccc2c1[C@@]1(C=C[C@H](O)CC1C)CCN(C)C2. The maximum absolute atomic E-state index is 13.1. The largest absolute Gasteiger partial charge is 0.426 e. The van der Waals surface area contributed by atoms with Crippen molar-refractivity contribution in [2.75, 3.05) is 13.6 Å². The Labute approximate surface area is 181 Å². The number of carbonyl (C=O) groups excluding carboxylic acids is 1. The van der Waals surface area contributed by atoms with Gasteiger partial charge in [0.15, 0.2) is 0 Å². The van der Waals surface area contributed by atoms with E-state index in [-0.39, 0.29) is 22.9 Å². The second-order valence-corrected chi connectivity index (χ2v) is 10.3. The number of aliphatic hydroxyl groups is 1. The van der Waals surface area contributed by atoms with Crippen LogP contribution in [0.5, 0.6) is 5.75 Å². The molecule has 3 aliphatic rings. The molecule has 0 saturated heterocycles. The second-order valence-electron chi connectivity index (χ2n) is 10.3. The van der Waals surface area contributed by atoms with E-state index in [1.807, 2.05) is 12.1 Å². The fourth-order valence-electron chi connectivity index (χ4n) is 6.03. The predicted molar refractivity (Wildman–Crippen MR) is 120 cm³/mol. The number of esters is 1. The lowest BCUT2D eigenvalue weighted by atomic mass is 9.62. The lowest BCUT2D eigenvalue weighted by Crippen LogP contribution is -2.39. The molecular weight excluding hydrogens is 374 g/mol. The second kappa shape index (κ2) is 8.12. The maximum atomic E-state index is 13.1. The molecule has 0 aromatic heterocycles. The third-order valence-corrected chi connectivity index (χ3v) is 8.06. The standard InChI is InChI=1S/C26H37NO3/c1-18-16-21(28)10-13-26(18)14-15-27(4)17-20-8-9-22(19(2)23(20)26)30-24(29)25(3)11-6-5-7-12-25/h8-10,13,18,21,28H,5-7,11-12,14-17H2,1-4H3/t18?,21-,26-/m0/s1. The van der Waals surface area contributed by atoms with Crippen molar-refractivity contribution < 1.29 is 14.6 Å². The van der Waals surface area contributed by atoms with Gasteiger partial charge in [-0.05, 0) is 81.8 Å². The van der Waals surface area contributed by atoms with Gasteiger partial charge in [0.1, 0.15) is 5.75 Å². The third-order valence-electron chi connectivity index (χ3n) is 8.06. The zero-order chi connectivity index (χ0) is 21.5. The van der Waals surface area contributed by atoms with E-state index < -0.39 is 0 Å². The van der Waals surface area contributed by atoms with Gasteiger partial charge < -0.3 is 14.7 Å². The Hall–Kier alpha value is -1.65. The van der Waals surface area contributed by atoms with Crippen LogP contribution in [0, 0.1) is 18.3 Å². The van der Waals surface area contributed by atoms with Crippen LogP contribution in [-0.4, -0.2) is 35.7 Å². The van der Waals surface area contributed by atoms with Crippen molar-refractivity contribution in [3.8, 4) is 5.75 Å². The Kier molecular flexibility index (Phi) is 5.84. The van der Waals surface area contributed by atoms with E-state index >= 15 is 0 Å². The molecule has 1 aliphatic heterocycles. The van der Waals surface area contributed by atoms with Gasteiger partial charge >= 0.3 is 5.97 Å². The van der Waals surface area contributed by atoms with Crippen LogP contribution in [0.3, 0.4) is 0 Å². The first-order valence-electron chi connectivity index (χ1n) is 11.7. The molecule has 164 valence electrons. The van der Waals surface area contributed by atoms with Crippen LogP contribution in [0.4, 0.5) is 0 Å². The van der Waals surface area contributed by atoms with Gasteiger partial charge in [-0.1, -0.05) is 44.4 Å².